The van der Waals surface area contributed by atoms with Crippen molar-refractivity contribution < 1.29 is 23.1 Å². The van der Waals surface area contributed by atoms with Crippen LogP contribution in [0.2, 0.25) is 0 Å². The normalized spacial score (nSPS) is 19.9. The average Bonchev–Trinajstić information content (AvgIpc) is 2.62. The molecule has 3 rings (SSSR count). The number of carboxylic acid groups (broad SMARTS) is 1. The standard InChI is InChI=1S/C19H16F3N3O2/c1-12-11-15(24-17(26)27)16(13-5-3-2-4-6-13)25-18(12,19(20,21)22)14-7-9-23-10-8-14/h2-11,24-25H,1H3,(H,26,27). The van der Waals surface area contributed by atoms with Crippen LogP contribution in [0.3, 0.4) is 0 Å². The molecule has 3 N–H and O–H groups in total. The summed E-state index contributed by atoms with van der Waals surface area (Å²) in [5.41, 5.74) is -2.14. The minimum Gasteiger partial charge on any atom is -0.465 e. The van der Waals surface area contributed by atoms with Gasteiger partial charge in [0.05, 0.1) is 11.4 Å². The Morgan fingerprint density at radius 2 is 1.78 bits per heavy atom. The van der Waals surface area contributed by atoms with Crippen LogP contribution in [0.1, 0.15) is 18.1 Å². The molecule has 1 atom stereocenters. The van der Waals surface area contributed by atoms with Gasteiger partial charge in [-0.1, -0.05) is 30.3 Å². The molecule has 0 radical (unpaired) electrons. The van der Waals surface area contributed by atoms with Gasteiger partial charge in [0, 0.05) is 12.4 Å². The van der Waals surface area contributed by atoms with E-state index in [0.717, 1.165) is 0 Å². The molecular formula is C19H16F3N3O2. The van der Waals surface area contributed by atoms with Crippen LogP contribution in [0.4, 0.5) is 18.0 Å². The number of amides is 1. The number of pyridine rings is 1. The third-order valence-electron chi connectivity index (χ3n) is 4.38. The van der Waals surface area contributed by atoms with Crippen LogP contribution in [0, 0.1) is 0 Å². The molecule has 0 spiro atoms. The summed E-state index contributed by atoms with van der Waals surface area (Å²) in [5, 5.41) is 13.8. The predicted molar refractivity (Wildman–Crippen MR) is 93.4 cm³/mol. The number of rotatable bonds is 3. The molecule has 0 saturated carbocycles. The maximum absolute atomic E-state index is 14.3. The summed E-state index contributed by atoms with van der Waals surface area (Å²) in [6.07, 6.45) is -2.28. The van der Waals surface area contributed by atoms with E-state index < -0.39 is 17.8 Å². The second-order valence-electron chi connectivity index (χ2n) is 6.02. The summed E-state index contributed by atoms with van der Waals surface area (Å²) in [6.45, 7) is 1.31. The molecule has 0 fully saturated rings. The van der Waals surface area contributed by atoms with Crippen molar-refractivity contribution in [3.05, 3.63) is 83.3 Å². The van der Waals surface area contributed by atoms with E-state index in [2.05, 4.69) is 15.6 Å². The van der Waals surface area contributed by atoms with E-state index in [1.807, 2.05) is 0 Å². The molecule has 2 heterocycles. The predicted octanol–water partition coefficient (Wildman–Crippen LogP) is 4.03. The Hall–Kier alpha value is -3.29. The Bertz CT molecular complexity index is 909. The molecule has 1 unspecified atom stereocenters. The fraction of sp³-hybridized carbons (Fsp3) is 0.158. The van der Waals surface area contributed by atoms with E-state index in [0.29, 0.717) is 5.56 Å². The molecule has 0 bridgehead atoms. The number of dihydropyridines is 1. The molecule has 27 heavy (non-hydrogen) atoms. The van der Waals surface area contributed by atoms with Gasteiger partial charge in [-0.2, -0.15) is 13.2 Å². The number of hydrogen-bond acceptors (Lipinski definition) is 3. The smallest absolute Gasteiger partial charge is 0.419 e. The van der Waals surface area contributed by atoms with Gasteiger partial charge in [-0.3, -0.25) is 10.3 Å². The molecule has 1 aromatic carbocycles. The zero-order chi connectivity index (χ0) is 19.7. The number of nitrogens with one attached hydrogen (secondary N) is 2. The van der Waals surface area contributed by atoms with E-state index in [9.17, 15) is 18.0 Å². The van der Waals surface area contributed by atoms with Crippen molar-refractivity contribution in [2.75, 3.05) is 0 Å². The number of benzene rings is 1. The number of halogens is 3. The van der Waals surface area contributed by atoms with Gasteiger partial charge < -0.3 is 10.4 Å². The van der Waals surface area contributed by atoms with Gasteiger partial charge >= 0.3 is 12.3 Å². The van der Waals surface area contributed by atoms with Gasteiger partial charge in [-0.05, 0) is 41.8 Å². The quantitative estimate of drug-likeness (QED) is 0.757. The van der Waals surface area contributed by atoms with Crippen molar-refractivity contribution >= 4 is 11.8 Å². The summed E-state index contributed by atoms with van der Waals surface area (Å²) >= 11 is 0. The number of nitrogens with zero attached hydrogens (tertiary/aromatic N) is 1. The summed E-state index contributed by atoms with van der Waals surface area (Å²) in [5.74, 6) is 0. The second-order valence-corrected chi connectivity index (χ2v) is 6.02. The summed E-state index contributed by atoms with van der Waals surface area (Å²) < 4.78 is 43.0. The fourth-order valence-electron chi connectivity index (χ4n) is 3.16. The molecule has 1 amide bonds. The lowest BCUT2D eigenvalue weighted by atomic mass is 9.79. The highest BCUT2D eigenvalue weighted by Crippen LogP contribution is 2.48. The van der Waals surface area contributed by atoms with Crippen LogP contribution in [0.25, 0.3) is 5.70 Å². The van der Waals surface area contributed by atoms with Crippen LogP contribution in [0.15, 0.2) is 72.2 Å². The minimum atomic E-state index is -4.69. The van der Waals surface area contributed by atoms with E-state index in [1.54, 1.807) is 30.3 Å². The van der Waals surface area contributed by atoms with Gasteiger partial charge in [0.1, 0.15) is 0 Å². The Morgan fingerprint density at radius 3 is 2.33 bits per heavy atom. The van der Waals surface area contributed by atoms with Gasteiger partial charge in [-0.15, -0.1) is 0 Å². The number of allylic oxidation sites excluding steroid dienone is 1. The fourth-order valence-corrected chi connectivity index (χ4v) is 3.16. The molecule has 5 nitrogen and oxygen atoms in total. The van der Waals surface area contributed by atoms with Gasteiger partial charge in [0.2, 0.25) is 0 Å². The van der Waals surface area contributed by atoms with Crippen LogP contribution in [-0.2, 0) is 5.54 Å². The number of hydrogen-bond donors (Lipinski definition) is 3. The molecule has 140 valence electrons. The molecule has 1 aliphatic heterocycles. The Kier molecular flexibility index (Phi) is 4.65. The first-order chi connectivity index (χ1) is 12.8. The maximum Gasteiger partial charge on any atom is 0.419 e. The van der Waals surface area contributed by atoms with E-state index in [-0.39, 0.29) is 22.5 Å². The Balaban J connectivity index is 2.25. The first-order valence-electron chi connectivity index (χ1n) is 7.99. The van der Waals surface area contributed by atoms with Crippen LogP contribution < -0.4 is 10.6 Å². The zero-order valence-electron chi connectivity index (χ0n) is 14.2. The molecular weight excluding hydrogens is 359 g/mol. The molecule has 8 heteroatoms. The van der Waals surface area contributed by atoms with Crippen molar-refractivity contribution in [1.82, 2.24) is 15.6 Å². The first kappa shape index (κ1) is 18.5. The minimum absolute atomic E-state index is 0.0396. The lowest BCUT2D eigenvalue weighted by Crippen LogP contribution is -2.56. The lowest BCUT2D eigenvalue weighted by molar-refractivity contribution is -0.185. The summed E-state index contributed by atoms with van der Waals surface area (Å²) in [7, 11) is 0. The molecule has 0 saturated heterocycles. The molecule has 2 aromatic rings. The van der Waals surface area contributed by atoms with Gasteiger partial charge in [-0.25, -0.2) is 4.79 Å². The van der Waals surface area contributed by atoms with Crippen LogP contribution in [-0.4, -0.2) is 22.4 Å². The van der Waals surface area contributed by atoms with Crippen molar-refractivity contribution in [2.45, 2.75) is 18.6 Å². The Morgan fingerprint density at radius 1 is 1.15 bits per heavy atom. The van der Waals surface area contributed by atoms with E-state index in [4.69, 9.17) is 5.11 Å². The van der Waals surface area contributed by atoms with Crippen molar-refractivity contribution in [1.29, 1.82) is 0 Å². The summed E-state index contributed by atoms with van der Waals surface area (Å²) in [4.78, 5) is 14.9. The molecule has 1 aliphatic rings. The van der Waals surface area contributed by atoms with Crippen molar-refractivity contribution in [3.8, 4) is 0 Å². The largest absolute Gasteiger partial charge is 0.465 e. The molecule has 1 aromatic heterocycles. The average molecular weight is 375 g/mol. The van der Waals surface area contributed by atoms with E-state index in [1.165, 1.54) is 37.5 Å². The summed E-state index contributed by atoms with van der Waals surface area (Å²) in [6, 6.07) is 10.8. The highest BCUT2D eigenvalue weighted by Gasteiger charge is 2.59. The SMILES string of the molecule is CC1=CC(NC(=O)O)=C(c2ccccc2)NC1(c1ccncc1)C(F)(F)F. The maximum atomic E-state index is 14.3. The molecule has 0 aliphatic carbocycles. The number of alkyl halides is 3. The van der Waals surface area contributed by atoms with Crippen molar-refractivity contribution in [2.24, 2.45) is 0 Å². The highest BCUT2D eigenvalue weighted by molar-refractivity contribution is 5.79. The number of aromatic nitrogens is 1. The second kappa shape index (κ2) is 6.79. The topological polar surface area (TPSA) is 74.2 Å². The van der Waals surface area contributed by atoms with Crippen LogP contribution >= 0.6 is 0 Å². The highest BCUT2D eigenvalue weighted by atomic mass is 19.4. The number of carbonyl (C=O) groups is 1. The van der Waals surface area contributed by atoms with Crippen molar-refractivity contribution in [3.63, 3.8) is 0 Å². The van der Waals surface area contributed by atoms with Gasteiger partial charge in [0.25, 0.3) is 0 Å². The first-order valence-corrected chi connectivity index (χ1v) is 7.99. The third-order valence-corrected chi connectivity index (χ3v) is 4.38. The third kappa shape index (κ3) is 3.25. The Labute approximate surface area is 153 Å². The zero-order valence-corrected chi connectivity index (χ0v) is 14.2. The van der Waals surface area contributed by atoms with Gasteiger partial charge in [0.15, 0.2) is 5.54 Å². The monoisotopic (exact) mass is 375 g/mol. The van der Waals surface area contributed by atoms with Crippen LogP contribution in [0.5, 0.6) is 0 Å². The van der Waals surface area contributed by atoms with E-state index >= 15 is 0 Å². The lowest BCUT2D eigenvalue weighted by Gasteiger charge is -2.42.